The third-order valence-electron chi connectivity index (χ3n) is 5.44. The number of carbonyl (C=O) groups excluding carboxylic acids is 2. The van der Waals surface area contributed by atoms with Gasteiger partial charge in [-0.3, -0.25) is 20.4 Å². The van der Waals surface area contributed by atoms with E-state index in [4.69, 9.17) is 27.9 Å². The highest BCUT2D eigenvalue weighted by molar-refractivity contribution is 6.35. The highest BCUT2D eigenvalue weighted by Gasteiger charge is 2.35. The summed E-state index contributed by atoms with van der Waals surface area (Å²) in [6.07, 6.45) is 0.182. The molecule has 0 aliphatic carbocycles. The molecule has 1 saturated heterocycles. The number of amides is 2. The summed E-state index contributed by atoms with van der Waals surface area (Å²) < 4.78 is 5.76. The summed E-state index contributed by atoms with van der Waals surface area (Å²) in [6.45, 7) is 2.66. The van der Waals surface area contributed by atoms with Crippen LogP contribution in [0.15, 0.2) is 66.7 Å². The van der Waals surface area contributed by atoms with E-state index >= 15 is 0 Å². The molecule has 1 fully saturated rings. The van der Waals surface area contributed by atoms with Gasteiger partial charge in [0.1, 0.15) is 12.4 Å². The van der Waals surface area contributed by atoms with E-state index in [0.29, 0.717) is 34.6 Å². The van der Waals surface area contributed by atoms with Crippen LogP contribution in [0.4, 0.5) is 11.4 Å². The van der Waals surface area contributed by atoms with Gasteiger partial charge >= 0.3 is 0 Å². The number of hydrazine groups is 1. The molecule has 6 nitrogen and oxygen atoms in total. The minimum absolute atomic E-state index is 0.0544. The molecule has 3 aromatic rings. The zero-order valence-electron chi connectivity index (χ0n) is 18.0. The minimum atomic E-state index is -0.418. The summed E-state index contributed by atoms with van der Waals surface area (Å²) in [5.74, 6) is -0.0389. The van der Waals surface area contributed by atoms with Crippen LogP contribution in [0.3, 0.4) is 0 Å². The van der Waals surface area contributed by atoms with Crippen molar-refractivity contribution in [1.82, 2.24) is 5.43 Å². The summed E-state index contributed by atoms with van der Waals surface area (Å²) in [6, 6.07) is 20.1. The lowest BCUT2D eigenvalue weighted by Crippen LogP contribution is -2.36. The van der Waals surface area contributed by atoms with Gasteiger partial charge in [-0.25, -0.2) is 0 Å². The lowest BCUT2D eigenvalue weighted by Gasteiger charge is -2.17. The first-order valence-electron chi connectivity index (χ1n) is 10.5. The molecular weight excluding hydrogens is 461 g/mol. The quantitative estimate of drug-likeness (QED) is 0.442. The Balaban J connectivity index is 1.27. The number of hydrogen-bond donors (Lipinski definition) is 2. The monoisotopic (exact) mass is 483 g/mol. The zero-order valence-corrected chi connectivity index (χ0v) is 19.5. The van der Waals surface area contributed by atoms with E-state index in [1.165, 1.54) is 0 Å². The van der Waals surface area contributed by atoms with Gasteiger partial charge in [0.15, 0.2) is 0 Å². The SMILES string of the molecule is Cc1ccc(N2C[C@@H](C(=O)NNc3ccc(OCc4ccc(Cl)cc4Cl)cc3)CC2=O)cc1. The molecule has 1 atom stereocenters. The number of halogens is 2. The molecular formula is C25H23Cl2N3O3. The standard InChI is InChI=1S/C25H23Cl2N3O3/c1-16-2-8-21(9-3-16)30-14-18(12-24(30)31)25(32)29-28-20-6-10-22(11-7-20)33-15-17-4-5-19(26)13-23(17)27/h2-11,13,18,28H,12,14-15H2,1H3,(H,29,32)/t18-/m0/s1. The largest absolute Gasteiger partial charge is 0.489 e. The number of carbonyl (C=O) groups is 2. The molecule has 2 amide bonds. The molecule has 0 radical (unpaired) electrons. The fourth-order valence-electron chi connectivity index (χ4n) is 3.53. The molecule has 1 heterocycles. The first-order chi connectivity index (χ1) is 15.9. The number of hydrogen-bond acceptors (Lipinski definition) is 4. The third kappa shape index (κ3) is 5.78. The first kappa shape index (κ1) is 23.0. The third-order valence-corrected chi connectivity index (χ3v) is 6.02. The normalized spacial score (nSPS) is 15.4. The van der Waals surface area contributed by atoms with Crippen LogP contribution in [0.25, 0.3) is 0 Å². The van der Waals surface area contributed by atoms with Crippen molar-refractivity contribution < 1.29 is 14.3 Å². The molecule has 3 aromatic carbocycles. The van der Waals surface area contributed by atoms with Crippen LogP contribution < -0.4 is 20.5 Å². The highest BCUT2D eigenvalue weighted by atomic mass is 35.5. The van der Waals surface area contributed by atoms with Crippen molar-refractivity contribution in [2.45, 2.75) is 20.0 Å². The zero-order chi connectivity index (χ0) is 23.4. The van der Waals surface area contributed by atoms with E-state index in [-0.39, 0.29) is 18.2 Å². The number of ether oxygens (including phenoxy) is 1. The van der Waals surface area contributed by atoms with Crippen LogP contribution in [-0.4, -0.2) is 18.4 Å². The second kappa shape index (κ2) is 10.1. The molecule has 33 heavy (non-hydrogen) atoms. The molecule has 0 bridgehead atoms. The molecule has 0 saturated carbocycles. The van der Waals surface area contributed by atoms with Crippen LogP contribution in [-0.2, 0) is 16.2 Å². The molecule has 1 aliphatic heterocycles. The van der Waals surface area contributed by atoms with E-state index in [2.05, 4.69) is 10.9 Å². The van der Waals surface area contributed by atoms with Crippen molar-refractivity contribution >= 4 is 46.4 Å². The minimum Gasteiger partial charge on any atom is -0.489 e. The first-order valence-corrected chi connectivity index (χ1v) is 11.2. The Morgan fingerprint density at radius 3 is 2.48 bits per heavy atom. The van der Waals surface area contributed by atoms with Crippen molar-refractivity contribution in [2.75, 3.05) is 16.9 Å². The molecule has 0 unspecified atom stereocenters. The number of rotatable bonds is 7. The van der Waals surface area contributed by atoms with E-state index in [0.717, 1.165) is 16.8 Å². The number of benzene rings is 3. The number of aryl methyl sites for hydroxylation is 1. The Morgan fingerprint density at radius 1 is 1.06 bits per heavy atom. The fourth-order valence-corrected chi connectivity index (χ4v) is 3.99. The predicted octanol–water partition coefficient (Wildman–Crippen LogP) is 5.38. The van der Waals surface area contributed by atoms with Gasteiger partial charge in [0.25, 0.3) is 0 Å². The van der Waals surface area contributed by atoms with Gasteiger partial charge in [-0.1, -0.05) is 47.0 Å². The second-order valence-electron chi connectivity index (χ2n) is 7.90. The number of nitrogens with one attached hydrogen (secondary N) is 2. The molecule has 1 aliphatic rings. The Bertz CT molecular complexity index is 1150. The van der Waals surface area contributed by atoms with Crippen molar-refractivity contribution in [3.05, 3.63) is 87.9 Å². The van der Waals surface area contributed by atoms with E-state index in [1.807, 2.05) is 37.3 Å². The summed E-state index contributed by atoms with van der Waals surface area (Å²) in [5.41, 5.74) is 9.05. The van der Waals surface area contributed by atoms with Crippen molar-refractivity contribution in [1.29, 1.82) is 0 Å². The molecule has 0 spiro atoms. The van der Waals surface area contributed by atoms with Gasteiger partial charge in [0.2, 0.25) is 11.8 Å². The van der Waals surface area contributed by atoms with Gasteiger partial charge < -0.3 is 9.64 Å². The Morgan fingerprint density at radius 2 is 1.79 bits per heavy atom. The maximum atomic E-state index is 12.6. The summed E-state index contributed by atoms with van der Waals surface area (Å²) in [5, 5.41) is 1.13. The molecule has 170 valence electrons. The Labute approximate surface area is 202 Å². The molecule has 2 N–H and O–H groups in total. The van der Waals surface area contributed by atoms with Crippen LogP contribution in [0.2, 0.25) is 10.0 Å². The maximum absolute atomic E-state index is 12.6. The van der Waals surface area contributed by atoms with Gasteiger partial charge in [0.05, 0.1) is 11.6 Å². The lowest BCUT2D eigenvalue weighted by molar-refractivity contribution is -0.125. The van der Waals surface area contributed by atoms with Crippen LogP contribution >= 0.6 is 23.2 Å². The smallest absolute Gasteiger partial charge is 0.243 e. The summed E-state index contributed by atoms with van der Waals surface area (Å²) in [4.78, 5) is 26.6. The molecule has 4 rings (SSSR count). The molecule has 0 aromatic heterocycles. The van der Waals surface area contributed by atoms with E-state index < -0.39 is 5.92 Å². The van der Waals surface area contributed by atoms with Crippen molar-refractivity contribution in [3.8, 4) is 5.75 Å². The topological polar surface area (TPSA) is 70.7 Å². The van der Waals surface area contributed by atoms with Crippen LogP contribution in [0.5, 0.6) is 5.75 Å². The lowest BCUT2D eigenvalue weighted by atomic mass is 10.1. The average Bonchev–Trinajstić information content (AvgIpc) is 3.20. The van der Waals surface area contributed by atoms with Crippen molar-refractivity contribution in [3.63, 3.8) is 0 Å². The Hall–Kier alpha value is -3.22. The predicted molar refractivity (Wildman–Crippen MR) is 131 cm³/mol. The van der Waals surface area contributed by atoms with Gasteiger partial charge in [-0.05, 0) is 55.5 Å². The second-order valence-corrected chi connectivity index (χ2v) is 8.75. The van der Waals surface area contributed by atoms with Crippen molar-refractivity contribution in [2.24, 2.45) is 5.92 Å². The Kier molecular flexibility index (Phi) is 7.06. The summed E-state index contributed by atoms with van der Waals surface area (Å²) in [7, 11) is 0. The van der Waals surface area contributed by atoms with Gasteiger partial charge in [-0.15, -0.1) is 0 Å². The van der Waals surface area contributed by atoms with E-state index in [1.54, 1.807) is 41.3 Å². The number of anilines is 2. The summed E-state index contributed by atoms with van der Waals surface area (Å²) >= 11 is 12.1. The van der Waals surface area contributed by atoms with Gasteiger partial charge in [0, 0.05) is 34.3 Å². The van der Waals surface area contributed by atoms with Crippen LogP contribution in [0.1, 0.15) is 17.5 Å². The van der Waals surface area contributed by atoms with Gasteiger partial charge in [-0.2, -0.15) is 0 Å². The van der Waals surface area contributed by atoms with E-state index in [9.17, 15) is 9.59 Å². The number of nitrogens with zero attached hydrogens (tertiary/aromatic N) is 1. The maximum Gasteiger partial charge on any atom is 0.243 e. The average molecular weight is 484 g/mol. The fraction of sp³-hybridized carbons (Fsp3) is 0.200. The van der Waals surface area contributed by atoms with Crippen LogP contribution in [0, 0.1) is 12.8 Å². The molecule has 8 heteroatoms. The highest BCUT2D eigenvalue weighted by Crippen LogP contribution is 2.26.